The van der Waals surface area contributed by atoms with Crippen LogP contribution >= 0.6 is 15.9 Å². The van der Waals surface area contributed by atoms with E-state index in [2.05, 4.69) is 35.0 Å². The van der Waals surface area contributed by atoms with Crippen LogP contribution < -0.4 is 4.74 Å². The molecular formula is C14H17BrO2. The summed E-state index contributed by atoms with van der Waals surface area (Å²) in [5.41, 5.74) is 2.50. The lowest BCUT2D eigenvalue weighted by Crippen LogP contribution is -2.06. The van der Waals surface area contributed by atoms with E-state index in [0.29, 0.717) is 12.3 Å². The molecule has 1 unspecified atom stereocenters. The summed E-state index contributed by atoms with van der Waals surface area (Å²) in [5.74, 6) is 1.67. The SMILES string of the molecule is CC(=O)CC(C)Cc1cc(Br)cc2c1OCC2. The van der Waals surface area contributed by atoms with Crippen LogP contribution in [0.15, 0.2) is 16.6 Å². The molecule has 0 amide bonds. The molecule has 0 aromatic heterocycles. The monoisotopic (exact) mass is 296 g/mol. The second-order valence-electron chi connectivity index (χ2n) is 4.87. The van der Waals surface area contributed by atoms with Crippen LogP contribution in [0, 0.1) is 5.92 Å². The molecule has 0 spiro atoms. The first kappa shape index (κ1) is 12.6. The lowest BCUT2D eigenvalue weighted by atomic mass is 9.94. The zero-order valence-electron chi connectivity index (χ0n) is 10.3. The van der Waals surface area contributed by atoms with Crippen molar-refractivity contribution >= 4 is 21.7 Å². The van der Waals surface area contributed by atoms with Gasteiger partial charge in [-0.05, 0) is 42.5 Å². The van der Waals surface area contributed by atoms with E-state index >= 15 is 0 Å². The first-order valence-electron chi connectivity index (χ1n) is 6.00. The molecule has 0 radical (unpaired) electrons. The van der Waals surface area contributed by atoms with Crippen molar-refractivity contribution < 1.29 is 9.53 Å². The number of halogens is 1. The van der Waals surface area contributed by atoms with Crippen LogP contribution in [0.2, 0.25) is 0 Å². The molecule has 0 saturated carbocycles. The third-order valence-electron chi connectivity index (χ3n) is 3.03. The molecule has 1 aromatic rings. The topological polar surface area (TPSA) is 26.3 Å². The molecule has 1 heterocycles. The highest BCUT2D eigenvalue weighted by Crippen LogP contribution is 2.34. The predicted octanol–water partition coefficient (Wildman–Crippen LogP) is 3.54. The van der Waals surface area contributed by atoms with Crippen molar-refractivity contribution in [2.24, 2.45) is 5.92 Å². The predicted molar refractivity (Wildman–Crippen MR) is 71.5 cm³/mol. The number of hydrogen-bond donors (Lipinski definition) is 0. The van der Waals surface area contributed by atoms with Gasteiger partial charge in [-0.15, -0.1) is 0 Å². The van der Waals surface area contributed by atoms with Crippen molar-refractivity contribution in [3.05, 3.63) is 27.7 Å². The molecule has 2 rings (SSSR count). The quantitative estimate of drug-likeness (QED) is 0.849. The van der Waals surface area contributed by atoms with E-state index < -0.39 is 0 Å². The Morgan fingerprint density at radius 3 is 3.00 bits per heavy atom. The maximum Gasteiger partial charge on any atom is 0.130 e. The highest BCUT2D eigenvalue weighted by atomic mass is 79.9. The van der Waals surface area contributed by atoms with Crippen LogP contribution in [0.5, 0.6) is 5.75 Å². The van der Waals surface area contributed by atoms with Gasteiger partial charge in [0.05, 0.1) is 6.61 Å². The Bertz CT molecular complexity index is 440. The molecule has 1 aliphatic heterocycles. The molecule has 3 heteroatoms. The van der Waals surface area contributed by atoms with Crippen LogP contribution in [-0.2, 0) is 17.6 Å². The second kappa shape index (κ2) is 5.21. The molecule has 0 fully saturated rings. The van der Waals surface area contributed by atoms with E-state index in [1.165, 1.54) is 11.1 Å². The lowest BCUT2D eigenvalue weighted by Gasteiger charge is -2.13. The number of carbonyl (C=O) groups is 1. The van der Waals surface area contributed by atoms with Gasteiger partial charge in [0.1, 0.15) is 11.5 Å². The first-order chi connectivity index (χ1) is 8.06. The van der Waals surface area contributed by atoms with Gasteiger partial charge < -0.3 is 9.53 Å². The second-order valence-corrected chi connectivity index (χ2v) is 5.78. The summed E-state index contributed by atoms with van der Waals surface area (Å²) in [6, 6.07) is 4.24. The minimum absolute atomic E-state index is 0.255. The fourth-order valence-corrected chi connectivity index (χ4v) is 2.99. The van der Waals surface area contributed by atoms with E-state index in [1.807, 2.05) is 0 Å². The first-order valence-corrected chi connectivity index (χ1v) is 6.79. The smallest absolute Gasteiger partial charge is 0.130 e. The van der Waals surface area contributed by atoms with Crippen molar-refractivity contribution in [3.63, 3.8) is 0 Å². The standard InChI is InChI=1S/C14H17BrO2/c1-9(5-10(2)16)6-12-8-13(15)7-11-3-4-17-14(11)12/h7-9H,3-6H2,1-2H3. The van der Waals surface area contributed by atoms with Gasteiger partial charge in [0.15, 0.2) is 0 Å². The van der Waals surface area contributed by atoms with E-state index in [-0.39, 0.29) is 5.78 Å². The molecule has 1 aliphatic rings. The van der Waals surface area contributed by atoms with Gasteiger partial charge in [0.2, 0.25) is 0 Å². The van der Waals surface area contributed by atoms with Crippen molar-refractivity contribution in [3.8, 4) is 5.75 Å². The molecule has 0 saturated heterocycles. The van der Waals surface area contributed by atoms with Crippen LogP contribution in [0.4, 0.5) is 0 Å². The van der Waals surface area contributed by atoms with Crippen LogP contribution in [0.1, 0.15) is 31.4 Å². The number of fused-ring (bicyclic) bond motifs is 1. The molecule has 92 valence electrons. The largest absolute Gasteiger partial charge is 0.493 e. The number of Topliss-reactive ketones (excluding diaryl/α,β-unsaturated/α-hetero) is 1. The summed E-state index contributed by atoms with van der Waals surface area (Å²) >= 11 is 3.53. The van der Waals surface area contributed by atoms with Crippen LogP contribution in [0.3, 0.4) is 0 Å². The normalized spacial score (nSPS) is 15.2. The number of ether oxygens (including phenoxy) is 1. The summed E-state index contributed by atoms with van der Waals surface area (Å²) in [7, 11) is 0. The number of ketones is 1. The zero-order valence-corrected chi connectivity index (χ0v) is 11.8. The minimum Gasteiger partial charge on any atom is -0.493 e. The highest BCUT2D eigenvalue weighted by molar-refractivity contribution is 9.10. The Kier molecular flexibility index (Phi) is 3.87. The van der Waals surface area contributed by atoms with Crippen LogP contribution in [-0.4, -0.2) is 12.4 Å². The summed E-state index contributed by atoms with van der Waals surface area (Å²) in [6.07, 6.45) is 2.53. The van der Waals surface area contributed by atoms with Gasteiger partial charge in [-0.25, -0.2) is 0 Å². The Hall–Kier alpha value is -0.830. The Labute approximate surface area is 110 Å². The molecule has 17 heavy (non-hydrogen) atoms. The summed E-state index contributed by atoms with van der Waals surface area (Å²) < 4.78 is 6.79. The van der Waals surface area contributed by atoms with Crippen molar-refractivity contribution in [2.75, 3.05) is 6.61 Å². The van der Waals surface area contributed by atoms with Crippen molar-refractivity contribution in [1.82, 2.24) is 0 Å². The zero-order chi connectivity index (χ0) is 12.4. The lowest BCUT2D eigenvalue weighted by molar-refractivity contribution is -0.117. The number of carbonyl (C=O) groups excluding carboxylic acids is 1. The molecular weight excluding hydrogens is 280 g/mol. The van der Waals surface area contributed by atoms with Gasteiger partial charge >= 0.3 is 0 Å². The van der Waals surface area contributed by atoms with E-state index in [1.54, 1.807) is 6.92 Å². The molecule has 0 N–H and O–H groups in total. The Morgan fingerprint density at radius 2 is 2.29 bits per heavy atom. The minimum atomic E-state index is 0.255. The molecule has 1 atom stereocenters. The number of rotatable bonds is 4. The molecule has 0 aliphatic carbocycles. The highest BCUT2D eigenvalue weighted by Gasteiger charge is 2.19. The number of hydrogen-bond acceptors (Lipinski definition) is 2. The van der Waals surface area contributed by atoms with E-state index in [4.69, 9.17) is 4.74 Å². The maximum absolute atomic E-state index is 11.1. The summed E-state index contributed by atoms with van der Waals surface area (Å²) in [4.78, 5) is 11.1. The molecule has 1 aromatic carbocycles. The van der Waals surface area contributed by atoms with Crippen molar-refractivity contribution in [1.29, 1.82) is 0 Å². The maximum atomic E-state index is 11.1. The average molecular weight is 297 g/mol. The average Bonchev–Trinajstić information content (AvgIpc) is 2.63. The fourth-order valence-electron chi connectivity index (χ4n) is 2.44. The third kappa shape index (κ3) is 3.09. The fraction of sp³-hybridized carbons (Fsp3) is 0.500. The Balaban J connectivity index is 2.18. The van der Waals surface area contributed by atoms with E-state index in [9.17, 15) is 4.79 Å². The third-order valence-corrected chi connectivity index (χ3v) is 3.49. The van der Waals surface area contributed by atoms with Crippen LogP contribution in [0.25, 0.3) is 0 Å². The molecule has 2 nitrogen and oxygen atoms in total. The van der Waals surface area contributed by atoms with Crippen molar-refractivity contribution in [2.45, 2.75) is 33.1 Å². The van der Waals surface area contributed by atoms with Gasteiger partial charge in [0.25, 0.3) is 0 Å². The summed E-state index contributed by atoms with van der Waals surface area (Å²) in [5, 5.41) is 0. The van der Waals surface area contributed by atoms with E-state index in [0.717, 1.165) is 29.7 Å². The van der Waals surface area contributed by atoms with Gasteiger partial charge in [-0.2, -0.15) is 0 Å². The molecule has 0 bridgehead atoms. The van der Waals surface area contributed by atoms with Gasteiger partial charge in [-0.1, -0.05) is 22.9 Å². The van der Waals surface area contributed by atoms with Gasteiger partial charge in [0, 0.05) is 17.3 Å². The number of benzene rings is 1. The Morgan fingerprint density at radius 1 is 1.53 bits per heavy atom. The van der Waals surface area contributed by atoms with Gasteiger partial charge in [-0.3, -0.25) is 0 Å². The summed E-state index contributed by atoms with van der Waals surface area (Å²) in [6.45, 7) is 4.54.